The van der Waals surface area contributed by atoms with E-state index in [1.165, 1.54) is 6.42 Å². The fourth-order valence-electron chi connectivity index (χ4n) is 2.07. The van der Waals surface area contributed by atoms with Gasteiger partial charge in [0.2, 0.25) is 0 Å². The first kappa shape index (κ1) is 12.0. The molecule has 0 spiro atoms. The second-order valence-electron chi connectivity index (χ2n) is 4.15. The first-order chi connectivity index (χ1) is 6.74. The van der Waals surface area contributed by atoms with E-state index in [9.17, 15) is 5.11 Å². The summed E-state index contributed by atoms with van der Waals surface area (Å²) in [5.74, 6) is 0. The first-order valence-electron chi connectivity index (χ1n) is 5.70. The largest absolute Gasteiger partial charge is 0.393 e. The van der Waals surface area contributed by atoms with Crippen molar-refractivity contribution >= 4 is 0 Å². The lowest BCUT2D eigenvalue weighted by molar-refractivity contribution is 0.0538. The Balaban J connectivity index is 2.18. The smallest absolute Gasteiger partial charge is 0.0593 e. The molecular weight excluding hydrogens is 178 g/mol. The zero-order valence-electron chi connectivity index (χ0n) is 9.41. The van der Waals surface area contributed by atoms with Crippen LogP contribution in [0.5, 0.6) is 0 Å². The van der Waals surface area contributed by atoms with Gasteiger partial charge in [-0.25, -0.2) is 0 Å². The Bertz CT molecular complexity index is 152. The molecule has 0 aromatic rings. The highest BCUT2D eigenvalue weighted by Crippen LogP contribution is 2.21. The molecule has 3 heteroatoms. The van der Waals surface area contributed by atoms with Crippen LogP contribution >= 0.6 is 0 Å². The van der Waals surface area contributed by atoms with Crippen molar-refractivity contribution < 1.29 is 9.84 Å². The Morgan fingerprint density at radius 1 is 1.43 bits per heavy atom. The zero-order valence-corrected chi connectivity index (χ0v) is 9.41. The summed E-state index contributed by atoms with van der Waals surface area (Å²) in [6, 6.07) is 0.555. The maximum absolute atomic E-state index is 9.54. The van der Waals surface area contributed by atoms with E-state index < -0.39 is 0 Å². The summed E-state index contributed by atoms with van der Waals surface area (Å²) in [7, 11) is 2.13. The molecule has 0 aliphatic heterocycles. The van der Waals surface area contributed by atoms with Gasteiger partial charge in [0.05, 0.1) is 12.7 Å². The van der Waals surface area contributed by atoms with Crippen LogP contribution in [-0.4, -0.2) is 49.0 Å². The van der Waals surface area contributed by atoms with Crippen molar-refractivity contribution in [1.82, 2.24) is 4.90 Å². The number of ether oxygens (including phenoxy) is 1. The first-order valence-corrected chi connectivity index (χ1v) is 5.70. The van der Waals surface area contributed by atoms with E-state index in [0.717, 1.165) is 39.0 Å². The predicted octanol–water partition coefficient (Wildman–Crippen LogP) is 1.26. The Morgan fingerprint density at radius 2 is 2.21 bits per heavy atom. The van der Waals surface area contributed by atoms with Crippen LogP contribution < -0.4 is 0 Å². The second kappa shape index (κ2) is 6.38. The molecule has 0 heterocycles. The molecule has 0 aromatic heterocycles. The van der Waals surface area contributed by atoms with Gasteiger partial charge >= 0.3 is 0 Å². The van der Waals surface area contributed by atoms with E-state index in [4.69, 9.17) is 4.74 Å². The van der Waals surface area contributed by atoms with E-state index >= 15 is 0 Å². The maximum Gasteiger partial charge on any atom is 0.0593 e. The summed E-state index contributed by atoms with van der Waals surface area (Å²) in [4.78, 5) is 2.32. The van der Waals surface area contributed by atoms with Crippen molar-refractivity contribution in [3.63, 3.8) is 0 Å². The summed E-state index contributed by atoms with van der Waals surface area (Å²) in [6.07, 6.45) is 4.21. The van der Waals surface area contributed by atoms with Gasteiger partial charge in [-0.1, -0.05) is 0 Å². The lowest BCUT2D eigenvalue weighted by atomic mass is 9.92. The van der Waals surface area contributed by atoms with Crippen molar-refractivity contribution in [2.24, 2.45) is 0 Å². The highest BCUT2D eigenvalue weighted by Gasteiger charge is 2.22. The SMILES string of the molecule is CCOCCN(C)C1CCCC(O)C1. The van der Waals surface area contributed by atoms with Gasteiger partial charge in [0.25, 0.3) is 0 Å². The van der Waals surface area contributed by atoms with Crippen LogP contribution in [0.3, 0.4) is 0 Å². The molecule has 1 aliphatic carbocycles. The van der Waals surface area contributed by atoms with Gasteiger partial charge in [0.15, 0.2) is 0 Å². The molecule has 1 aliphatic rings. The molecule has 0 radical (unpaired) electrons. The summed E-state index contributed by atoms with van der Waals surface area (Å²) < 4.78 is 5.32. The van der Waals surface area contributed by atoms with Crippen molar-refractivity contribution in [3.05, 3.63) is 0 Å². The highest BCUT2D eigenvalue weighted by atomic mass is 16.5. The zero-order chi connectivity index (χ0) is 10.4. The van der Waals surface area contributed by atoms with Crippen molar-refractivity contribution in [2.75, 3.05) is 26.8 Å². The molecule has 0 bridgehead atoms. The van der Waals surface area contributed by atoms with Crippen LogP contribution in [0.15, 0.2) is 0 Å². The van der Waals surface area contributed by atoms with E-state index in [0.29, 0.717) is 6.04 Å². The fourth-order valence-corrected chi connectivity index (χ4v) is 2.07. The van der Waals surface area contributed by atoms with Gasteiger partial charge in [0, 0.05) is 19.2 Å². The third-order valence-corrected chi connectivity index (χ3v) is 3.03. The van der Waals surface area contributed by atoms with Crippen LogP contribution in [-0.2, 0) is 4.74 Å². The molecule has 0 amide bonds. The summed E-state index contributed by atoms with van der Waals surface area (Å²) in [5, 5.41) is 9.54. The quantitative estimate of drug-likeness (QED) is 0.680. The van der Waals surface area contributed by atoms with Crippen LogP contribution in [0, 0.1) is 0 Å². The topological polar surface area (TPSA) is 32.7 Å². The van der Waals surface area contributed by atoms with Gasteiger partial charge < -0.3 is 14.7 Å². The van der Waals surface area contributed by atoms with Crippen LogP contribution in [0.2, 0.25) is 0 Å². The Labute approximate surface area is 87.1 Å². The molecule has 1 saturated carbocycles. The Kier molecular flexibility index (Phi) is 5.45. The van der Waals surface area contributed by atoms with Crippen molar-refractivity contribution in [2.45, 2.75) is 44.8 Å². The molecule has 2 unspecified atom stereocenters. The van der Waals surface area contributed by atoms with E-state index in [1.807, 2.05) is 6.92 Å². The molecule has 1 N–H and O–H groups in total. The molecule has 2 atom stereocenters. The number of rotatable bonds is 5. The number of aliphatic hydroxyl groups excluding tert-OH is 1. The number of likely N-dealkylation sites (N-methyl/N-ethyl adjacent to an activating group) is 1. The molecule has 1 fully saturated rings. The monoisotopic (exact) mass is 201 g/mol. The average molecular weight is 201 g/mol. The number of hydrogen-bond acceptors (Lipinski definition) is 3. The van der Waals surface area contributed by atoms with Crippen LogP contribution in [0.25, 0.3) is 0 Å². The van der Waals surface area contributed by atoms with Crippen molar-refractivity contribution in [1.29, 1.82) is 0 Å². The standard InChI is InChI=1S/C11H23NO2/c1-3-14-8-7-12(2)10-5-4-6-11(13)9-10/h10-11,13H,3-9H2,1-2H3. The van der Waals surface area contributed by atoms with E-state index in [1.54, 1.807) is 0 Å². The Hall–Kier alpha value is -0.120. The van der Waals surface area contributed by atoms with Crippen LogP contribution in [0.4, 0.5) is 0 Å². The molecule has 3 nitrogen and oxygen atoms in total. The molecule has 0 saturated heterocycles. The number of hydrogen-bond donors (Lipinski definition) is 1. The van der Waals surface area contributed by atoms with Gasteiger partial charge in [-0.15, -0.1) is 0 Å². The van der Waals surface area contributed by atoms with Crippen LogP contribution in [0.1, 0.15) is 32.6 Å². The van der Waals surface area contributed by atoms with Crippen molar-refractivity contribution in [3.8, 4) is 0 Å². The highest BCUT2D eigenvalue weighted by molar-refractivity contribution is 4.78. The minimum atomic E-state index is -0.0803. The minimum absolute atomic E-state index is 0.0803. The molecule has 1 rings (SSSR count). The molecule has 0 aromatic carbocycles. The third kappa shape index (κ3) is 3.95. The number of nitrogens with zero attached hydrogens (tertiary/aromatic N) is 1. The van der Waals surface area contributed by atoms with Gasteiger partial charge in [-0.05, 0) is 39.7 Å². The summed E-state index contributed by atoms with van der Waals surface area (Å²) >= 11 is 0. The summed E-state index contributed by atoms with van der Waals surface area (Å²) in [5.41, 5.74) is 0. The van der Waals surface area contributed by atoms with Gasteiger partial charge in [0.1, 0.15) is 0 Å². The average Bonchev–Trinajstić information content (AvgIpc) is 2.18. The Morgan fingerprint density at radius 3 is 2.86 bits per heavy atom. The van der Waals surface area contributed by atoms with Gasteiger partial charge in [-0.3, -0.25) is 0 Å². The third-order valence-electron chi connectivity index (χ3n) is 3.03. The number of aliphatic hydroxyl groups is 1. The maximum atomic E-state index is 9.54. The lowest BCUT2D eigenvalue weighted by Crippen LogP contribution is -2.39. The molecule has 14 heavy (non-hydrogen) atoms. The van der Waals surface area contributed by atoms with Gasteiger partial charge in [-0.2, -0.15) is 0 Å². The van der Waals surface area contributed by atoms with E-state index in [-0.39, 0.29) is 6.10 Å². The molecule has 84 valence electrons. The fraction of sp³-hybridized carbons (Fsp3) is 1.00. The normalized spacial score (nSPS) is 28.3. The molecular formula is C11H23NO2. The second-order valence-corrected chi connectivity index (χ2v) is 4.15. The van der Waals surface area contributed by atoms with E-state index in [2.05, 4.69) is 11.9 Å². The minimum Gasteiger partial charge on any atom is -0.393 e. The lowest BCUT2D eigenvalue weighted by Gasteiger charge is -2.33. The predicted molar refractivity (Wildman–Crippen MR) is 57.4 cm³/mol. The summed E-state index contributed by atoms with van der Waals surface area (Å²) in [6.45, 7) is 4.59.